The number of alkyl halides is 1. The van der Waals surface area contributed by atoms with Crippen LogP contribution in [0.1, 0.15) is 20.3 Å². The van der Waals surface area contributed by atoms with Gasteiger partial charge in [0, 0.05) is 5.92 Å². The molecule has 0 bridgehead atoms. The van der Waals surface area contributed by atoms with Crippen LogP contribution < -0.4 is 0 Å². The third kappa shape index (κ3) is 1.94. The van der Waals surface area contributed by atoms with Gasteiger partial charge >= 0.3 is 0 Å². The molecule has 3 atom stereocenters. The molecule has 0 radical (unpaired) electrons. The Morgan fingerprint density at radius 3 is 2.64 bits per heavy atom. The number of ether oxygens (including phenoxy) is 1. The van der Waals surface area contributed by atoms with Crippen LogP contribution in [0, 0.1) is 5.92 Å². The van der Waals surface area contributed by atoms with E-state index in [9.17, 15) is 4.79 Å². The Kier molecular flexibility index (Phi) is 2.90. The molecule has 64 valence electrons. The van der Waals surface area contributed by atoms with Crippen molar-refractivity contribution in [3.8, 4) is 0 Å². The lowest BCUT2D eigenvalue weighted by Gasteiger charge is -2.09. The Labute approximate surface area is 71.9 Å². The monoisotopic (exact) mass is 176 g/mol. The average Bonchev–Trinajstić information content (AvgIpc) is 2.28. The molecule has 1 rings (SSSR count). The second-order valence-corrected chi connectivity index (χ2v) is 3.36. The van der Waals surface area contributed by atoms with Gasteiger partial charge in [-0.3, -0.25) is 4.79 Å². The lowest BCUT2D eigenvalue weighted by molar-refractivity contribution is -0.121. The lowest BCUT2D eigenvalue weighted by atomic mass is 9.97. The fourth-order valence-electron chi connectivity index (χ4n) is 1.56. The first-order valence-corrected chi connectivity index (χ1v) is 4.42. The smallest absolute Gasteiger partial charge is 0.153 e. The molecule has 0 amide bonds. The molecular formula is C8H13ClO2. The zero-order valence-corrected chi connectivity index (χ0v) is 7.60. The summed E-state index contributed by atoms with van der Waals surface area (Å²) in [6.45, 7) is 3.91. The van der Waals surface area contributed by atoms with Gasteiger partial charge in [0.2, 0.25) is 0 Å². The first-order valence-electron chi connectivity index (χ1n) is 3.89. The summed E-state index contributed by atoms with van der Waals surface area (Å²) in [5.74, 6) is 0.261. The highest BCUT2D eigenvalue weighted by Gasteiger charge is 2.33. The Morgan fingerprint density at radius 1 is 1.64 bits per heavy atom. The Morgan fingerprint density at radius 2 is 2.27 bits per heavy atom. The zero-order valence-electron chi connectivity index (χ0n) is 6.84. The van der Waals surface area contributed by atoms with E-state index in [0.717, 1.165) is 6.42 Å². The molecule has 1 fully saturated rings. The van der Waals surface area contributed by atoms with Crippen molar-refractivity contribution >= 4 is 17.4 Å². The maximum Gasteiger partial charge on any atom is 0.153 e. The average molecular weight is 177 g/mol. The maximum atomic E-state index is 11.2. The molecule has 1 aliphatic rings. The molecule has 0 saturated carbocycles. The summed E-state index contributed by atoms with van der Waals surface area (Å²) in [7, 11) is 0. The number of rotatable bonds is 2. The zero-order chi connectivity index (χ0) is 8.43. The second-order valence-electron chi connectivity index (χ2n) is 3.09. The van der Waals surface area contributed by atoms with Crippen LogP contribution in [0.4, 0.5) is 0 Å². The molecule has 0 N–H and O–H groups in total. The molecule has 1 heterocycles. The van der Waals surface area contributed by atoms with Crippen LogP contribution in [0.15, 0.2) is 0 Å². The van der Waals surface area contributed by atoms with Crippen molar-refractivity contribution in [2.75, 3.05) is 5.88 Å². The summed E-state index contributed by atoms with van der Waals surface area (Å²) < 4.78 is 5.42. The van der Waals surface area contributed by atoms with E-state index in [-0.39, 0.29) is 29.8 Å². The highest BCUT2D eigenvalue weighted by atomic mass is 35.5. The van der Waals surface area contributed by atoms with E-state index in [1.165, 1.54) is 0 Å². The highest BCUT2D eigenvalue weighted by molar-refractivity contribution is 6.27. The summed E-state index contributed by atoms with van der Waals surface area (Å²) >= 11 is 5.44. The third-order valence-electron chi connectivity index (χ3n) is 2.14. The van der Waals surface area contributed by atoms with E-state index in [0.29, 0.717) is 0 Å². The SMILES string of the molecule is CC1CC(C(=O)CCl)C(C)O1. The molecule has 0 aromatic heterocycles. The summed E-state index contributed by atoms with van der Waals surface area (Å²) in [5, 5.41) is 0. The quantitative estimate of drug-likeness (QED) is 0.598. The summed E-state index contributed by atoms with van der Waals surface area (Å²) in [6, 6.07) is 0. The molecular weight excluding hydrogens is 164 g/mol. The van der Waals surface area contributed by atoms with Crippen LogP contribution in [0.3, 0.4) is 0 Å². The number of hydrogen-bond donors (Lipinski definition) is 0. The van der Waals surface area contributed by atoms with E-state index < -0.39 is 0 Å². The minimum absolute atomic E-state index is 0.0301. The van der Waals surface area contributed by atoms with Gasteiger partial charge in [-0.2, -0.15) is 0 Å². The topological polar surface area (TPSA) is 26.3 Å². The fourth-order valence-corrected chi connectivity index (χ4v) is 1.76. The number of Topliss-reactive ketones (excluding diaryl/α,β-unsaturated/α-hetero) is 1. The first-order chi connectivity index (χ1) is 5.15. The number of ketones is 1. The molecule has 0 aromatic carbocycles. The number of hydrogen-bond acceptors (Lipinski definition) is 2. The molecule has 1 aliphatic heterocycles. The first kappa shape index (κ1) is 9.01. The fraction of sp³-hybridized carbons (Fsp3) is 0.875. The van der Waals surface area contributed by atoms with Crippen molar-refractivity contribution in [3.63, 3.8) is 0 Å². The number of carbonyl (C=O) groups excluding carboxylic acids is 1. The van der Waals surface area contributed by atoms with Crippen molar-refractivity contribution in [1.82, 2.24) is 0 Å². The van der Waals surface area contributed by atoms with Gasteiger partial charge in [0.15, 0.2) is 5.78 Å². The van der Waals surface area contributed by atoms with E-state index in [4.69, 9.17) is 16.3 Å². The molecule has 0 aromatic rings. The van der Waals surface area contributed by atoms with Gasteiger partial charge < -0.3 is 4.74 Å². The molecule has 2 nitrogen and oxygen atoms in total. The van der Waals surface area contributed by atoms with Gasteiger partial charge in [-0.1, -0.05) is 0 Å². The van der Waals surface area contributed by atoms with Crippen LogP contribution >= 0.6 is 11.6 Å². The van der Waals surface area contributed by atoms with Crippen molar-refractivity contribution in [1.29, 1.82) is 0 Å². The largest absolute Gasteiger partial charge is 0.375 e. The normalized spacial score (nSPS) is 37.5. The van der Waals surface area contributed by atoms with E-state index >= 15 is 0 Å². The standard InChI is InChI=1S/C8H13ClO2/c1-5-3-7(6(2)11-5)8(10)4-9/h5-7H,3-4H2,1-2H3. The van der Waals surface area contributed by atoms with Crippen LogP contribution in [-0.4, -0.2) is 23.9 Å². The summed E-state index contributed by atoms with van der Waals surface area (Å²) in [4.78, 5) is 11.2. The number of halogens is 1. The van der Waals surface area contributed by atoms with Crippen molar-refractivity contribution in [3.05, 3.63) is 0 Å². The number of carbonyl (C=O) groups is 1. The van der Waals surface area contributed by atoms with Gasteiger partial charge in [-0.05, 0) is 20.3 Å². The van der Waals surface area contributed by atoms with E-state index in [1.54, 1.807) is 0 Å². The minimum Gasteiger partial charge on any atom is -0.375 e. The Hall–Kier alpha value is -0.0800. The van der Waals surface area contributed by atoms with Gasteiger partial charge in [0.25, 0.3) is 0 Å². The molecule has 0 aliphatic carbocycles. The van der Waals surface area contributed by atoms with Crippen LogP contribution in [0.2, 0.25) is 0 Å². The van der Waals surface area contributed by atoms with Crippen molar-refractivity contribution in [2.24, 2.45) is 5.92 Å². The maximum absolute atomic E-state index is 11.2. The molecule has 0 spiro atoms. The molecule has 3 unspecified atom stereocenters. The van der Waals surface area contributed by atoms with Crippen LogP contribution in [-0.2, 0) is 9.53 Å². The van der Waals surface area contributed by atoms with Gasteiger partial charge in [-0.25, -0.2) is 0 Å². The summed E-state index contributed by atoms with van der Waals surface area (Å²) in [5.41, 5.74) is 0. The van der Waals surface area contributed by atoms with E-state index in [2.05, 4.69) is 0 Å². The minimum atomic E-state index is 0.0301. The third-order valence-corrected chi connectivity index (χ3v) is 2.41. The molecule has 11 heavy (non-hydrogen) atoms. The Bertz CT molecular complexity index is 158. The predicted molar refractivity (Wildman–Crippen MR) is 43.8 cm³/mol. The molecule has 3 heteroatoms. The van der Waals surface area contributed by atoms with Crippen molar-refractivity contribution in [2.45, 2.75) is 32.5 Å². The van der Waals surface area contributed by atoms with Crippen LogP contribution in [0.5, 0.6) is 0 Å². The second kappa shape index (κ2) is 3.55. The van der Waals surface area contributed by atoms with Gasteiger partial charge in [-0.15, -0.1) is 11.6 Å². The van der Waals surface area contributed by atoms with Gasteiger partial charge in [0.1, 0.15) is 0 Å². The highest BCUT2D eigenvalue weighted by Crippen LogP contribution is 2.26. The summed E-state index contributed by atoms with van der Waals surface area (Å²) in [6.07, 6.45) is 1.09. The van der Waals surface area contributed by atoms with Crippen molar-refractivity contribution < 1.29 is 9.53 Å². The predicted octanol–water partition coefficient (Wildman–Crippen LogP) is 1.61. The lowest BCUT2D eigenvalue weighted by Crippen LogP contribution is -2.22. The Balaban J connectivity index is 2.52. The van der Waals surface area contributed by atoms with Crippen LogP contribution in [0.25, 0.3) is 0 Å². The molecule has 1 saturated heterocycles. The van der Waals surface area contributed by atoms with Gasteiger partial charge in [0.05, 0.1) is 18.1 Å². The van der Waals surface area contributed by atoms with E-state index in [1.807, 2.05) is 13.8 Å².